The predicted molar refractivity (Wildman–Crippen MR) is 56.7 cm³/mol. The highest BCUT2D eigenvalue weighted by Crippen LogP contribution is 2.23. The van der Waals surface area contributed by atoms with Crippen LogP contribution in [-0.4, -0.2) is 11.1 Å². The smallest absolute Gasteiger partial charge is 0.265 e. The third kappa shape index (κ3) is 2.90. The fourth-order valence-electron chi connectivity index (χ4n) is 1.94. The molecule has 0 radical (unpaired) electrons. The van der Waals surface area contributed by atoms with Crippen molar-refractivity contribution in [2.24, 2.45) is 0 Å². The predicted octanol–water partition coefficient (Wildman–Crippen LogP) is 3.73. The van der Waals surface area contributed by atoms with Crippen LogP contribution in [0.3, 0.4) is 0 Å². The van der Waals surface area contributed by atoms with Crippen LogP contribution in [0, 0.1) is 0 Å². The first-order valence-electron chi connectivity index (χ1n) is 5.66. The number of ether oxygens (including phenoxy) is 1. The zero-order valence-corrected chi connectivity index (χ0v) is 9.03. The second-order valence-corrected chi connectivity index (χ2v) is 4.11. The Hall–Kier alpha value is -1.19. The average molecular weight is 227 g/mol. The van der Waals surface area contributed by atoms with Crippen molar-refractivity contribution in [3.05, 3.63) is 23.9 Å². The highest BCUT2D eigenvalue weighted by atomic mass is 19.3. The normalized spacial score (nSPS) is 17.7. The van der Waals surface area contributed by atoms with Crippen molar-refractivity contribution in [2.75, 3.05) is 0 Å². The number of halogens is 2. The summed E-state index contributed by atoms with van der Waals surface area (Å²) in [6.07, 6.45) is 4.63. The third-order valence-corrected chi connectivity index (χ3v) is 2.85. The molecule has 1 aromatic rings. The van der Waals surface area contributed by atoms with Gasteiger partial charge in [-0.25, -0.2) is 13.8 Å². The molecule has 1 saturated carbocycles. The molecule has 1 heterocycles. The Kier molecular flexibility index (Phi) is 3.70. The second-order valence-electron chi connectivity index (χ2n) is 4.11. The minimum Gasteiger partial charge on any atom is -0.474 e. The lowest BCUT2D eigenvalue weighted by Crippen LogP contribution is -2.20. The average Bonchev–Trinajstić information content (AvgIpc) is 2.31. The number of hydrogen-bond acceptors (Lipinski definition) is 2. The summed E-state index contributed by atoms with van der Waals surface area (Å²) >= 11 is 0. The van der Waals surface area contributed by atoms with Crippen LogP contribution in [0.5, 0.6) is 5.88 Å². The van der Waals surface area contributed by atoms with Crippen LogP contribution < -0.4 is 4.74 Å². The van der Waals surface area contributed by atoms with E-state index in [4.69, 9.17) is 4.74 Å². The first kappa shape index (κ1) is 11.3. The first-order chi connectivity index (χ1) is 7.75. The first-order valence-corrected chi connectivity index (χ1v) is 5.66. The summed E-state index contributed by atoms with van der Waals surface area (Å²) in [4.78, 5) is 3.89. The van der Waals surface area contributed by atoms with Crippen LogP contribution in [0.15, 0.2) is 18.3 Å². The van der Waals surface area contributed by atoms with Crippen LogP contribution in [0.4, 0.5) is 8.78 Å². The van der Waals surface area contributed by atoms with E-state index in [0.29, 0.717) is 5.88 Å². The zero-order chi connectivity index (χ0) is 11.4. The summed E-state index contributed by atoms with van der Waals surface area (Å²) in [7, 11) is 0. The molecular weight excluding hydrogens is 212 g/mol. The van der Waals surface area contributed by atoms with Gasteiger partial charge in [0.1, 0.15) is 6.10 Å². The molecule has 4 heteroatoms. The number of rotatable bonds is 3. The van der Waals surface area contributed by atoms with E-state index in [0.717, 1.165) is 12.8 Å². The molecule has 0 aromatic carbocycles. The third-order valence-electron chi connectivity index (χ3n) is 2.85. The van der Waals surface area contributed by atoms with E-state index in [1.165, 1.54) is 37.6 Å². The van der Waals surface area contributed by atoms with Crippen LogP contribution >= 0.6 is 0 Å². The molecule has 1 fully saturated rings. The molecule has 0 amide bonds. The van der Waals surface area contributed by atoms with E-state index in [2.05, 4.69) is 4.98 Å². The van der Waals surface area contributed by atoms with Gasteiger partial charge in [-0.3, -0.25) is 0 Å². The van der Waals surface area contributed by atoms with Crippen molar-refractivity contribution < 1.29 is 13.5 Å². The number of nitrogens with zero attached hydrogens (tertiary/aromatic N) is 1. The Balaban J connectivity index is 1.93. The quantitative estimate of drug-likeness (QED) is 0.784. The fraction of sp³-hybridized carbons (Fsp3) is 0.583. The van der Waals surface area contributed by atoms with Gasteiger partial charge < -0.3 is 4.74 Å². The van der Waals surface area contributed by atoms with E-state index < -0.39 is 6.43 Å². The van der Waals surface area contributed by atoms with Crippen LogP contribution in [0.2, 0.25) is 0 Å². The number of aromatic nitrogens is 1. The van der Waals surface area contributed by atoms with E-state index in [1.54, 1.807) is 0 Å². The van der Waals surface area contributed by atoms with Gasteiger partial charge >= 0.3 is 0 Å². The minimum atomic E-state index is -2.46. The number of pyridine rings is 1. The topological polar surface area (TPSA) is 22.1 Å². The van der Waals surface area contributed by atoms with E-state index in [-0.39, 0.29) is 11.7 Å². The largest absolute Gasteiger partial charge is 0.474 e. The highest BCUT2D eigenvalue weighted by Gasteiger charge is 2.15. The molecule has 0 N–H and O–H groups in total. The SMILES string of the molecule is FC(F)c1ccc(OC2CCCCC2)nc1. The van der Waals surface area contributed by atoms with Gasteiger partial charge in [-0.05, 0) is 31.7 Å². The Labute approximate surface area is 93.6 Å². The monoisotopic (exact) mass is 227 g/mol. The number of hydrogen-bond donors (Lipinski definition) is 0. The van der Waals surface area contributed by atoms with Crippen molar-refractivity contribution in [1.82, 2.24) is 4.98 Å². The standard InChI is InChI=1S/C12H15F2NO/c13-12(14)9-6-7-11(15-8-9)16-10-4-2-1-3-5-10/h6-8,10,12H,1-5H2. The molecule has 0 bridgehead atoms. The molecule has 1 aliphatic carbocycles. The molecular formula is C12H15F2NO. The number of alkyl halides is 2. The van der Waals surface area contributed by atoms with Crippen molar-refractivity contribution >= 4 is 0 Å². The van der Waals surface area contributed by atoms with Crippen LogP contribution in [0.1, 0.15) is 44.1 Å². The molecule has 0 atom stereocenters. The molecule has 2 nitrogen and oxygen atoms in total. The summed E-state index contributed by atoms with van der Waals surface area (Å²) in [5.74, 6) is 0.455. The summed E-state index contributed by atoms with van der Waals surface area (Å²) in [5, 5.41) is 0. The van der Waals surface area contributed by atoms with Crippen molar-refractivity contribution in [3.63, 3.8) is 0 Å². The lowest BCUT2D eigenvalue weighted by Gasteiger charge is -2.22. The summed E-state index contributed by atoms with van der Waals surface area (Å²) in [6, 6.07) is 2.89. The molecule has 1 aliphatic rings. The summed E-state index contributed by atoms with van der Waals surface area (Å²) < 4.78 is 30.2. The van der Waals surface area contributed by atoms with Crippen molar-refractivity contribution in [3.8, 4) is 5.88 Å². The fourth-order valence-corrected chi connectivity index (χ4v) is 1.94. The zero-order valence-electron chi connectivity index (χ0n) is 9.03. The Bertz CT molecular complexity index is 320. The lowest BCUT2D eigenvalue weighted by molar-refractivity contribution is 0.144. The van der Waals surface area contributed by atoms with Crippen LogP contribution in [-0.2, 0) is 0 Å². The maximum atomic E-state index is 12.3. The van der Waals surface area contributed by atoms with Gasteiger partial charge in [0.15, 0.2) is 0 Å². The molecule has 88 valence electrons. The Morgan fingerprint density at radius 1 is 1.19 bits per heavy atom. The van der Waals surface area contributed by atoms with E-state index in [1.807, 2.05) is 0 Å². The maximum absolute atomic E-state index is 12.3. The Morgan fingerprint density at radius 2 is 1.94 bits per heavy atom. The van der Waals surface area contributed by atoms with Crippen LogP contribution in [0.25, 0.3) is 0 Å². The van der Waals surface area contributed by atoms with E-state index >= 15 is 0 Å². The van der Waals surface area contributed by atoms with Crippen molar-refractivity contribution in [1.29, 1.82) is 0 Å². The van der Waals surface area contributed by atoms with Gasteiger partial charge in [-0.15, -0.1) is 0 Å². The van der Waals surface area contributed by atoms with Crippen molar-refractivity contribution in [2.45, 2.75) is 44.6 Å². The van der Waals surface area contributed by atoms with Gasteiger partial charge in [0.2, 0.25) is 5.88 Å². The molecule has 1 aromatic heterocycles. The lowest BCUT2D eigenvalue weighted by atomic mass is 9.98. The van der Waals surface area contributed by atoms with Gasteiger partial charge in [0, 0.05) is 17.8 Å². The van der Waals surface area contributed by atoms with Gasteiger partial charge in [0.05, 0.1) is 0 Å². The minimum absolute atomic E-state index is 0.0593. The van der Waals surface area contributed by atoms with Gasteiger partial charge in [-0.2, -0.15) is 0 Å². The van der Waals surface area contributed by atoms with Gasteiger partial charge in [0.25, 0.3) is 6.43 Å². The Morgan fingerprint density at radius 3 is 2.50 bits per heavy atom. The molecule has 0 spiro atoms. The highest BCUT2D eigenvalue weighted by molar-refractivity contribution is 5.18. The maximum Gasteiger partial charge on any atom is 0.265 e. The molecule has 16 heavy (non-hydrogen) atoms. The molecule has 0 aliphatic heterocycles. The molecule has 2 rings (SSSR count). The molecule has 0 unspecified atom stereocenters. The molecule has 0 saturated heterocycles. The second kappa shape index (κ2) is 5.23. The van der Waals surface area contributed by atoms with Gasteiger partial charge in [-0.1, -0.05) is 6.42 Å². The summed E-state index contributed by atoms with van der Waals surface area (Å²) in [5.41, 5.74) is -0.0593. The summed E-state index contributed by atoms with van der Waals surface area (Å²) in [6.45, 7) is 0. The van der Waals surface area contributed by atoms with E-state index in [9.17, 15) is 8.78 Å².